The van der Waals surface area contributed by atoms with Gasteiger partial charge < -0.3 is 10.4 Å². The molecule has 0 aliphatic heterocycles. The van der Waals surface area contributed by atoms with Crippen molar-refractivity contribution in [2.75, 3.05) is 6.54 Å². The van der Waals surface area contributed by atoms with E-state index >= 15 is 0 Å². The maximum Gasteiger partial charge on any atom is 0.349 e. The quantitative estimate of drug-likeness (QED) is 0.697. The van der Waals surface area contributed by atoms with Crippen LogP contribution in [-0.2, 0) is 0 Å². The van der Waals surface area contributed by atoms with E-state index in [4.69, 9.17) is 0 Å². The molecule has 1 aliphatic rings. The van der Waals surface area contributed by atoms with Crippen LogP contribution in [0, 0.1) is 0 Å². The molecule has 0 spiro atoms. The summed E-state index contributed by atoms with van der Waals surface area (Å²) in [6.45, 7) is 0.201. The third-order valence-corrected chi connectivity index (χ3v) is 4.68. The molecule has 0 bridgehead atoms. The van der Waals surface area contributed by atoms with E-state index in [2.05, 4.69) is 15.4 Å². The molecule has 3 N–H and O–H groups in total. The Labute approximate surface area is 149 Å². The van der Waals surface area contributed by atoms with E-state index in [9.17, 15) is 19.5 Å². The van der Waals surface area contributed by atoms with E-state index in [-0.39, 0.29) is 12.5 Å². The molecule has 0 radical (unpaired) electrons. The second-order valence-electron chi connectivity index (χ2n) is 6.72. The predicted octanol–water partition coefficient (Wildman–Crippen LogP) is 0.736. The molecule has 1 amide bonds. The number of hydrogen-bond donors (Lipinski definition) is 3. The molecule has 1 aliphatic carbocycles. The van der Waals surface area contributed by atoms with Gasteiger partial charge in [-0.1, -0.05) is 31.7 Å². The highest BCUT2D eigenvalue weighted by atomic mass is 16.3. The third-order valence-electron chi connectivity index (χ3n) is 4.68. The molecule has 0 atom stereocenters. The first-order valence-electron chi connectivity index (χ1n) is 8.77. The number of aliphatic hydroxyl groups is 1. The zero-order chi connectivity index (χ0) is 18.6. The standard InChI is InChI=1S/C18H22N4O4/c23-15-11-20-22(17(25)21-15)14-7-5-6-13(10-14)16(24)19-12-18(26)8-3-1-2-4-9-18/h5-7,10-11,26H,1-4,8-9,12H2,(H,19,24)(H,21,23,25). The van der Waals surface area contributed by atoms with Gasteiger partial charge in [0.25, 0.3) is 11.5 Å². The highest BCUT2D eigenvalue weighted by Crippen LogP contribution is 2.26. The predicted molar refractivity (Wildman–Crippen MR) is 95.4 cm³/mol. The molecule has 2 aromatic rings. The Hall–Kier alpha value is -2.74. The maximum absolute atomic E-state index is 12.5. The average Bonchev–Trinajstić information content (AvgIpc) is 2.85. The fraction of sp³-hybridized carbons (Fsp3) is 0.444. The molecule has 3 rings (SSSR count). The summed E-state index contributed by atoms with van der Waals surface area (Å²) in [6.07, 6.45) is 6.51. The summed E-state index contributed by atoms with van der Waals surface area (Å²) in [7, 11) is 0. The van der Waals surface area contributed by atoms with Gasteiger partial charge in [0.2, 0.25) is 0 Å². The molecule has 1 heterocycles. The average molecular weight is 358 g/mol. The molecule has 1 aromatic heterocycles. The van der Waals surface area contributed by atoms with Crippen LogP contribution in [0.3, 0.4) is 0 Å². The van der Waals surface area contributed by atoms with Crippen LogP contribution in [0.4, 0.5) is 0 Å². The van der Waals surface area contributed by atoms with E-state index in [1.807, 2.05) is 0 Å². The number of hydrogen-bond acceptors (Lipinski definition) is 5. The van der Waals surface area contributed by atoms with Crippen LogP contribution >= 0.6 is 0 Å². The number of aromatic amines is 1. The van der Waals surface area contributed by atoms with Crippen molar-refractivity contribution in [3.8, 4) is 5.69 Å². The summed E-state index contributed by atoms with van der Waals surface area (Å²) in [5, 5.41) is 17.2. The zero-order valence-corrected chi connectivity index (χ0v) is 14.4. The topological polar surface area (TPSA) is 117 Å². The molecule has 0 unspecified atom stereocenters. The van der Waals surface area contributed by atoms with Gasteiger partial charge in [-0.3, -0.25) is 14.6 Å². The van der Waals surface area contributed by atoms with E-state index in [0.717, 1.165) is 36.6 Å². The summed E-state index contributed by atoms with van der Waals surface area (Å²) in [6, 6.07) is 6.37. The van der Waals surface area contributed by atoms with Gasteiger partial charge in [-0.25, -0.2) is 4.79 Å². The number of carbonyl (C=O) groups is 1. The van der Waals surface area contributed by atoms with Crippen molar-refractivity contribution in [2.45, 2.75) is 44.1 Å². The van der Waals surface area contributed by atoms with Crippen LogP contribution in [0.25, 0.3) is 5.69 Å². The van der Waals surface area contributed by atoms with Gasteiger partial charge in [0.1, 0.15) is 6.20 Å². The zero-order valence-electron chi connectivity index (χ0n) is 14.4. The van der Waals surface area contributed by atoms with Gasteiger partial charge in [0.05, 0.1) is 11.3 Å². The number of aromatic nitrogens is 3. The molecule has 1 saturated carbocycles. The van der Waals surface area contributed by atoms with Crippen LogP contribution in [-0.4, -0.2) is 37.9 Å². The Morgan fingerprint density at radius 3 is 2.65 bits per heavy atom. The third kappa shape index (κ3) is 4.26. The summed E-state index contributed by atoms with van der Waals surface area (Å²) >= 11 is 0. The summed E-state index contributed by atoms with van der Waals surface area (Å²) in [4.78, 5) is 37.5. The number of nitrogens with zero attached hydrogens (tertiary/aromatic N) is 2. The van der Waals surface area contributed by atoms with Crippen LogP contribution in [0.1, 0.15) is 48.9 Å². The van der Waals surface area contributed by atoms with Crippen molar-refractivity contribution in [2.24, 2.45) is 0 Å². The summed E-state index contributed by atoms with van der Waals surface area (Å²) < 4.78 is 1.01. The van der Waals surface area contributed by atoms with Crippen LogP contribution in [0.2, 0.25) is 0 Å². The molecular weight excluding hydrogens is 336 g/mol. The molecule has 8 heteroatoms. The Morgan fingerprint density at radius 1 is 1.23 bits per heavy atom. The van der Waals surface area contributed by atoms with Gasteiger partial charge in [-0.05, 0) is 31.0 Å². The SMILES string of the molecule is O=C(NCC1(O)CCCCCC1)c1cccc(-n2ncc(=O)[nH]c2=O)c1. The first-order chi connectivity index (χ1) is 12.5. The largest absolute Gasteiger partial charge is 0.388 e. The minimum Gasteiger partial charge on any atom is -0.388 e. The van der Waals surface area contributed by atoms with Crippen molar-refractivity contribution in [3.05, 3.63) is 56.9 Å². The smallest absolute Gasteiger partial charge is 0.349 e. The summed E-state index contributed by atoms with van der Waals surface area (Å²) in [5.74, 6) is -0.331. The molecule has 8 nitrogen and oxygen atoms in total. The number of carbonyl (C=O) groups excluding carboxylic acids is 1. The van der Waals surface area contributed by atoms with E-state index in [1.165, 1.54) is 6.07 Å². The molecule has 138 valence electrons. The molecule has 1 fully saturated rings. The monoisotopic (exact) mass is 358 g/mol. The second kappa shape index (κ2) is 7.65. The first kappa shape index (κ1) is 18.1. The van der Waals surface area contributed by atoms with Gasteiger partial charge in [-0.2, -0.15) is 9.78 Å². The van der Waals surface area contributed by atoms with E-state index < -0.39 is 16.9 Å². The number of nitrogens with one attached hydrogen (secondary N) is 2. The lowest BCUT2D eigenvalue weighted by Gasteiger charge is -2.26. The fourth-order valence-corrected chi connectivity index (χ4v) is 3.23. The Kier molecular flexibility index (Phi) is 5.32. The van der Waals surface area contributed by atoms with Gasteiger partial charge in [0, 0.05) is 12.1 Å². The van der Waals surface area contributed by atoms with Crippen LogP contribution in [0.5, 0.6) is 0 Å². The first-order valence-corrected chi connectivity index (χ1v) is 8.77. The van der Waals surface area contributed by atoms with Crippen LogP contribution in [0.15, 0.2) is 40.1 Å². The Bertz CT molecular complexity index is 894. The molecule has 26 heavy (non-hydrogen) atoms. The van der Waals surface area contributed by atoms with Crippen molar-refractivity contribution in [1.29, 1.82) is 0 Å². The highest BCUT2D eigenvalue weighted by molar-refractivity contribution is 5.94. The minimum absolute atomic E-state index is 0.201. The van der Waals surface area contributed by atoms with Gasteiger partial charge in [-0.15, -0.1) is 0 Å². The van der Waals surface area contributed by atoms with Gasteiger partial charge in [0.15, 0.2) is 0 Å². The molecule has 0 saturated heterocycles. The van der Waals surface area contributed by atoms with E-state index in [1.54, 1.807) is 18.2 Å². The lowest BCUT2D eigenvalue weighted by atomic mass is 9.94. The maximum atomic E-state index is 12.5. The second-order valence-corrected chi connectivity index (χ2v) is 6.72. The van der Waals surface area contributed by atoms with Crippen LogP contribution < -0.4 is 16.6 Å². The normalized spacial score (nSPS) is 16.7. The van der Waals surface area contributed by atoms with Crippen molar-refractivity contribution in [1.82, 2.24) is 20.1 Å². The fourth-order valence-electron chi connectivity index (χ4n) is 3.23. The lowest BCUT2D eigenvalue weighted by Crippen LogP contribution is -2.42. The summed E-state index contributed by atoms with van der Waals surface area (Å²) in [5.41, 5.74) is -1.41. The Morgan fingerprint density at radius 2 is 1.96 bits per heavy atom. The van der Waals surface area contributed by atoms with Crippen molar-refractivity contribution in [3.63, 3.8) is 0 Å². The number of rotatable bonds is 4. The van der Waals surface area contributed by atoms with Crippen molar-refractivity contribution >= 4 is 5.91 Å². The highest BCUT2D eigenvalue weighted by Gasteiger charge is 2.28. The number of amides is 1. The van der Waals surface area contributed by atoms with E-state index in [0.29, 0.717) is 24.1 Å². The minimum atomic E-state index is -0.860. The lowest BCUT2D eigenvalue weighted by molar-refractivity contribution is 0.0246. The Balaban J connectivity index is 1.74. The number of benzene rings is 1. The number of H-pyrrole nitrogens is 1. The molecule has 1 aromatic carbocycles. The van der Waals surface area contributed by atoms with Gasteiger partial charge >= 0.3 is 5.69 Å². The van der Waals surface area contributed by atoms with Crippen molar-refractivity contribution < 1.29 is 9.90 Å². The molecular formula is C18H22N4O4.